The summed E-state index contributed by atoms with van der Waals surface area (Å²) < 4.78 is 0. The largest absolute Gasteiger partial charge is 0.393 e. The van der Waals surface area contributed by atoms with Crippen LogP contribution in [0.3, 0.4) is 0 Å². The standard InChI is InChI=1S/C12H17NO/c1-8-5-10(7-13-6-8)11-3-4-12(14)9(11)2/h5-7,9,11-12,14H,3-4H2,1-2H3. The van der Waals surface area contributed by atoms with Gasteiger partial charge in [0, 0.05) is 12.4 Å². The zero-order chi connectivity index (χ0) is 10.1. The van der Waals surface area contributed by atoms with Crippen molar-refractivity contribution in [1.82, 2.24) is 4.98 Å². The van der Waals surface area contributed by atoms with Crippen LogP contribution >= 0.6 is 0 Å². The molecule has 76 valence electrons. The van der Waals surface area contributed by atoms with Crippen molar-refractivity contribution in [1.29, 1.82) is 0 Å². The maximum Gasteiger partial charge on any atom is 0.0571 e. The average molecular weight is 191 g/mol. The Kier molecular flexibility index (Phi) is 2.55. The molecule has 0 amide bonds. The molecular formula is C12H17NO. The van der Waals surface area contributed by atoms with Crippen LogP contribution in [0.4, 0.5) is 0 Å². The highest BCUT2D eigenvalue weighted by atomic mass is 16.3. The van der Waals surface area contributed by atoms with E-state index in [9.17, 15) is 5.11 Å². The number of rotatable bonds is 1. The first kappa shape index (κ1) is 9.66. The first-order valence-corrected chi connectivity index (χ1v) is 5.28. The molecule has 1 aromatic heterocycles. The minimum absolute atomic E-state index is 0.125. The van der Waals surface area contributed by atoms with E-state index in [-0.39, 0.29) is 6.10 Å². The molecule has 1 heterocycles. The second kappa shape index (κ2) is 3.70. The highest BCUT2D eigenvalue weighted by Crippen LogP contribution is 2.39. The third-order valence-corrected chi connectivity index (χ3v) is 3.34. The molecule has 2 heteroatoms. The Bertz CT molecular complexity index is 324. The molecule has 2 rings (SSSR count). The van der Waals surface area contributed by atoms with Crippen LogP contribution in [0.15, 0.2) is 18.5 Å². The van der Waals surface area contributed by atoms with Gasteiger partial charge in [-0.3, -0.25) is 4.98 Å². The van der Waals surface area contributed by atoms with E-state index < -0.39 is 0 Å². The van der Waals surface area contributed by atoms with Crippen molar-refractivity contribution in [3.05, 3.63) is 29.6 Å². The van der Waals surface area contributed by atoms with Crippen molar-refractivity contribution in [3.63, 3.8) is 0 Å². The molecule has 14 heavy (non-hydrogen) atoms. The molecule has 2 nitrogen and oxygen atoms in total. The van der Waals surface area contributed by atoms with Crippen molar-refractivity contribution in [3.8, 4) is 0 Å². The number of hydrogen-bond acceptors (Lipinski definition) is 2. The summed E-state index contributed by atoms with van der Waals surface area (Å²) in [5.74, 6) is 0.871. The molecule has 1 saturated carbocycles. The number of nitrogens with zero attached hydrogens (tertiary/aromatic N) is 1. The van der Waals surface area contributed by atoms with Crippen molar-refractivity contribution in [2.75, 3.05) is 0 Å². The highest BCUT2D eigenvalue weighted by molar-refractivity contribution is 5.22. The minimum Gasteiger partial charge on any atom is -0.393 e. The quantitative estimate of drug-likeness (QED) is 0.738. The fourth-order valence-electron chi connectivity index (χ4n) is 2.40. The molecule has 0 bridgehead atoms. The summed E-state index contributed by atoms with van der Waals surface area (Å²) >= 11 is 0. The van der Waals surface area contributed by atoms with Crippen LogP contribution in [-0.4, -0.2) is 16.2 Å². The van der Waals surface area contributed by atoms with Gasteiger partial charge < -0.3 is 5.11 Å². The third kappa shape index (κ3) is 1.67. The summed E-state index contributed by atoms with van der Waals surface area (Å²) in [5.41, 5.74) is 2.49. The maximum atomic E-state index is 9.68. The van der Waals surface area contributed by atoms with Gasteiger partial charge in [0.25, 0.3) is 0 Å². The van der Waals surface area contributed by atoms with Gasteiger partial charge in [-0.25, -0.2) is 0 Å². The monoisotopic (exact) mass is 191 g/mol. The van der Waals surface area contributed by atoms with E-state index in [1.807, 2.05) is 12.4 Å². The van der Waals surface area contributed by atoms with Gasteiger partial charge in [0.1, 0.15) is 0 Å². The molecule has 1 aliphatic carbocycles. The van der Waals surface area contributed by atoms with Gasteiger partial charge in [0.2, 0.25) is 0 Å². The van der Waals surface area contributed by atoms with Gasteiger partial charge in [-0.1, -0.05) is 13.0 Å². The van der Waals surface area contributed by atoms with Gasteiger partial charge in [-0.15, -0.1) is 0 Å². The Morgan fingerprint density at radius 3 is 2.71 bits per heavy atom. The molecule has 1 N–H and O–H groups in total. The normalized spacial score (nSPS) is 32.1. The van der Waals surface area contributed by atoms with Gasteiger partial charge in [0.05, 0.1) is 6.10 Å². The minimum atomic E-state index is -0.125. The summed E-state index contributed by atoms with van der Waals surface area (Å²) in [7, 11) is 0. The predicted octanol–water partition coefficient (Wildman–Crippen LogP) is 2.26. The zero-order valence-electron chi connectivity index (χ0n) is 8.77. The van der Waals surface area contributed by atoms with Gasteiger partial charge in [-0.05, 0) is 42.7 Å². The Morgan fingerprint density at radius 1 is 1.36 bits per heavy atom. The van der Waals surface area contributed by atoms with E-state index in [0.717, 1.165) is 12.8 Å². The Balaban J connectivity index is 2.23. The summed E-state index contributed by atoms with van der Waals surface area (Å²) in [6, 6.07) is 2.19. The molecule has 0 radical (unpaired) electrons. The molecule has 0 saturated heterocycles. The number of hydrogen-bond donors (Lipinski definition) is 1. The molecular weight excluding hydrogens is 174 g/mol. The van der Waals surface area contributed by atoms with Crippen LogP contribution in [0.2, 0.25) is 0 Å². The fraction of sp³-hybridized carbons (Fsp3) is 0.583. The van der Waals surface area contributed by atoms with Crippen molar-refractivity contribution >= 4 is 0 Å². The van der Waals surface area contributed by atoms with E-state index in [1.165, 1.54) is 11.1 Å². The van der Waals surface area contributed by atoms with Gasteiger partial charge in [0.15, 0.2) is 0 Å². The molecule has 3 unspecified atom stereocenters. The predicted molar refractivity (Wildman–Crippen MR) is 56.1 cm³/mol. The van der Waals surface area contributed by atoms with Gasteiger partial charge in [-0.2, -0.15) is 0 Å². The molecule has 1 aliphatic rings. The average Bonchev–Trinajstić information content (AvgIpc) is 2.48. The summed E-state index contributed by atoms with van der Waals surface area (Å²) in [6.07, 6.45) is 5.71. The second-order valence-corrected chi connectivity index (χ2v) is 4.41. The Morgan fingerprint density at radius 2 is 2.14 bits per heavy atom. The maximum absolute atomic E-state index is 9.68. The van der Waals surface area contributed by atoms with E-state index in [4.69, 9.17) is 0 Å². The Hall–Kier alpha value is -0.890. The van der Waals surface area contributed by atoms with Crippen LogP contribution in [0, 0.1) is 12.8 Å². The lowest BCUT2D eigenvalue weighted by atomic mass is 9.90. The first-order chi connectivity index (χ1) is 6.68. The topological polar surface area (TPSA) is 33.1 Å². The van der Waals surface area contributed by atoms with Crippen LogP contribution in [-0.2, 0) is 0 Å². The van der Waals surface area contributed by atoms with Crippen molar-refractivity contribution < 1.29 is 5.11 Å². The third-order valence-electron chi connectivity index (χ3n) is 3.34. The number of aryl methyl sites for hydroxylation is 1. The summed E-state index contributed by atoms with van der Waals surface area (Å²) in [6.45, 7) is 4.19. The molecule has 1 fully saturated rings. The molecule has 1 aromatic rings. The van der Waals surface area contributed by atoms with Crippen LogP contribution in [0.1, 0.15) is 36.8 Å². The molecule has 0 aromatic carbocycles. The summed E-state index contributed by atoms with van der Waals surface area (Å²) in [4.78, 5) is 4.21. The zero-order valence-corrected chi connectivity index (χ0v) is 8.77. The van der Waals surface area contributed by atoms with Crippen LogP contribution in [0.25, 0.3) is 0 Å². The fourth-order valence-corrected chi connectivity index (χ4v) is 2.40. The molecule has 0 spiro atoms. The van der Waals surface area contributed by atoms with Crippen molar-refractivity contribution in [2.45, 2.75) is 38.7 Å². The van der Waals surface area contributed by atoms with Crippen LogP contribution in [0.5, 0.6) is 0 Å². The highest BCUT2D eigenvalue weighted by Gasteiger charge is 2.32. The lowest BCUT2D eigenvalue weighted by molar-refractivity contribution is 0.136. The smallest absolute Gasteiger partial charge is 0.0571 e. The van der Waals surface area contributed by atoms with Crippen LogP contribution < -0.4 is 0 Å². The van der Waals surface area contributed by atoms with Crippen molar-refractivity contribution in [2.24, 2.45) is 5.92 Å². The second-order valence-electron chi connectivity index (χ2n) is 4.41. The number of aliphatic hydroxyl groups is 1. The summed E-state index contributed by atoms with van der Waals surface area (Å²) in [5, 5.41) is 9.68. The van der Waals surface area contributed by atoms with Gasteiger partial charge >= 0.3 is 0 Å². The molecule has 3 atom stereocenters. The SMILES string of the molecule is Cc1cncc(C2CCC(O)C2C)c1. The van der Waals surface area contributed by atoms with E-state index in [2.05, 4.69) is 24.9 Å². The number of aromatic nitrogens is 1. The van der Waals surface area contributed by atoms with E-state index in [1.54, 1.807) is 0 Å². The lowest BCUT2D eigenvalue weighted by Crippen LogP contribution is -2.14. The number of aliphatic hydroxyl groups excluding tert-OH is 1. The van der Waals surface area contributed by atoms with E-state index >= 15 is 0 Å². The Labute approximate surface area is 85.0 Å². The number of pyridine rings is 1. The van der Waals surface area contributed by atoms with E-state index in [0.29, 0.717) is 11.8 Å². The molecule has 0 aliphatic heterocycles. The first-order valence-electron chi connectivity index (χ1n) is 5.28. The lowest BCUT2D eigenvalue weighted by Gasteiger charge is -2.17.